The van der Waals surface area contributed by atoms with Crippen LogP contribution in [0.2, 0.25) is 0 Å². The van der Waals surface area contributed by atoms with E-state index in [4.69, 9.17) is 5.73 Å². The molecule has 0 radical (unpaired) electrons. The zero-order valence-corrected chi connectivity index (χ0v) is 7.73. The van der Waals surface area contributed by atoms with Crippen molar-refractivity contribution in [2.24, 2.45) is 5.73 Å². The van der Waals surface area contributed by atoms with Crippen molar-refractivity contribution in [1.82, 2.24) is 9.78 Å². The van der Waals surface area contributed by atoms with Gasteiger partial charge in [-0.2, -0.15) is 5.10 Å². The summed E-state index contributed by atoms with van der Waals surface area (Å²) >= 11 is 0. The van der Waals surface area contributed by atoms with Gasteiger partial charge < -0.3 is 10.5 Å². The molecule has 1 atom stereocenters. The maximum absolute atomic E-state index is 10.4. The molecule has 0 aliphatic heterocycles. The Labute approximate surface area is 76.5 Å². The summed E-state index contributed by atoms with van der Waals surface area (Å²) in [5.41, 5.74) is 4.84. The zero-order valence-electron chi connectivity index (χ0n) is 7.73. The monoisotopic (exact) mass is 183 g/mol. The topological polar surface area (TPSA) is 70.1 Å². The van der Waals surface area contributed by atoms with Crippen LogP contribution in [0.3, 0.4) is 0 Å². The summed E-state index contributed by atoms with van der Waals surface area (Å²) in [5.74, 6) is 0.382. The van der Waals surface area contributed by atoms with Crippen molar-refractivity contribution in [2.75, 3.05) is 0 Å². The van der Waals surface area contributed by atoms with Gasteiger partial charge in [0, 0.05) is 6.04 Å². The van der Waals surface area contributed by atoms with Gasteiger partial charge in [0.25, 0.3) is 0 Å². The van der Waals surface area contributed by atoms with Crippen molar-refractivity contribution in [1.29, 1.82) is 0 Å². The predicted molar refractivity (Wildman–Crippen MR) is 47.4 cm³/mol. The lowest BCUT2D eigenvalue weighted by Crippen LogP contribution is -2.15. The molecule has 0 bridgehead atoms. The Morgan fingerprint density at radius 2 is 2.54 bits per heavy atom. The zero-order chi connectivity index (χ0) is 9.84. The fourth-order valence-electron chi connectivity index (χ4n) is 0.918. The van der Waals surface area contributed by atoms with E-state index in [2.05, 4.69) is 16.8 Å². The number of rotatable bonds is 3. The van der Waals surface area contributed by atoms with Gasteiger partial charge in [-0.05, 0) is 13.3 Å². The fourth-order valence-corrected chi connectivity index (χ4v) is 0.918. The Morgan fingerprint density at radius 3 is 3.08 bits per heavy atom. The average molecular weight is 183 g/mol. The highest BCUT2D eigenvalue weighted by Crippen LogP contribution is 2.14. The van der Waals surface area contributed by atoms with Crippen LogP contribution in [-0.4, -0.2) is 15.9 Å². The van der Waals surface area contributed by atoms with Crippen molar-refractivity contribution >= 4 is 6.09 Å². The van der Waals surface area contributed by atoms with E-state index in [1.807, 2.05) is 6.92 Å². The van der Waals surface area contributed by atoms with Crippen molar-refractivity contribution in [3.05, 3.63) is 12.4 Å². The number of aromatic nitrogens is 2. The van der Waals surface area contributed by atoms with Crippen LogP contribution in [0.15, 0.2) is 12.4 Å². The molecule has 0 saturated heterocycles. The molecule has 0 aliphatic carbocycles. The van der Waals surface area contributed by atoms with Crippen LogP contribution in [0.1, 0.15) is 26.3 Å². The van der Waals surface area contributed by atoms with E-state index in [0.29, 0.717) is 11.8 Å². The second-order valence-electron chi connectivity index (χ2n) is 2.83. The number of primary amides is 1. The summed E-state index contributed by atoms with van der Waals surface area (Å²) in [4.78, 5) is 10.4. The highest BCUT2D eigenvalue weighted by molar-refractivity contribution is 5.67. The quantitative estimate of drug-likeness (QED) is 0.768. The lowest BCUT2D eigenvalue weighted by atomic mass is 10.3. The smallest absolute Gasteiger partial charge is 0.407 e. The van der Waals surface area contributed by atoms with E-state index in [9.17, 15) is 4.79 Å². The Hall–Kier alpha value is -1.52. The third kappa shape index (κ3) is 2.47. The Bertz CT molecular complexity index is 295. The van der Waals surface area contributed by atoms with E-state index in [-0.39, 0.29) is 0 Å². The van der Waals surface area contributed by atoms with Crippen LogP contribution < -0.4 is 10.5 Å². The summed E-state index contributed by atoms with van der Waals surface area (Å²) in [6, 6.07) is 0.297. The van der Waals surface area contributed by atoms with Gasteiger partial charge in [-0.1, -0.05) is 6.92 Å². The summed E-state index contributed by atoms with van der Waals surface area (Å²) in [5, 5.41) is 4.02. The first-order valence-corrected chi connectivity index (χ1v) is 4.15. The maximum Gasteiger partial charge on any atom is 0.410 e. The Kier molecular flexibility index (Phi) is 2.89. The molecule has 1 unspecified atom stereocenters. The lowest BCUT2D eigenvalue weighted by Gasteiger charge is -2.07. The molecule has 72 valence electrons. The van der Waals surface area contributed by atoms with Crippen molar-refractivity contribution < 1.29 is 9.53 Å². The van der Waals surface area contributed by atoms with E-state index < -0.39 is 6.09 Å². The van der Waals surface area contributed by atoms with Gasteiger partial charge >= 0.3 is 6.09 Å². The van der Waals surface area contributed by atoms with Crippen molar-refractivity contribution in [3.63, 3.8) is 0 Å². The third-order valence-electron chi connectivity index (χ3n) is 1.84. The van der Waals surface area contributed by atoms with Crippen LogP contribution >= 0.6 is 0 Å². The van der Waals surface area contributed by atoms with Crippen LogP contribution in [0, 0.1) is 0 Å². The predicted octanol–water partition coefficient (Wildman–Crippen LogP) is 1.31. The molecule has 5 nitrogen and oxygen atoms in total. The van der Waals surface area contributed by atoms with Crippen molar-refractivity contribution in [3.8, 4) is 5.75 Å². The molecule has 0 fully saturated rings. The summed E-state index contributed by atoms with van der Waals surface area (Å²) in [7, 11) is 0. The summed E-state index contributed by atoms with van der Waals surface area (Å²) in [6.07, 6.45) is 3.27. The van der Waals surface area contributed by atoms with E-state index in [1.165, 1.54) is 6.20 Å². The van der Waals surface area contributed by atoms with E-state index in [0.717, 1.165) is 6.42 Å². The van der Waals surface area contributed by atoms with Gasteiger partial charge in [0.15, 0.2) is 5.75 Å². The van der Waals surface area contributed by atoms with Crippen LogP contribution in [0.25, 0.3) is 0 Å². The number of ether oxygens (including phenoxy) is 1. The standard InChI is InChI=1S/C8H13N3O2/c1-3-6(2)11-5-7(4-10-11)13-8(9)12/h4-6H,3H2,1-2H3,(H2,9,12). The number of hydrogen-bond acceptors (Lipinski definition) is 3. The first-order valence-electron chi connectivity index (χ1n) is 4.15. The molecule has 1 heterocycles. The summed E-state index contributed by atoms with van der Waals surface area (Å²) < 4.78 is 6.38. The summed E-state index contributed by atoms with van der Waals surface area (Å²) in [6.45, 7) is 4.09. The van der Waals surface area contributed by atoms with Gasteiger partial charge in [-0.25, -0.2) is 4.79 Å². The first-order chi connectivity index (χ1) is 6.13. The Morgan fingerprint density at radius 1 is 1.85 bits per heavy atom. The lowest BCUT2D eigenvalue weighted by molar-refractivity contribution is 0.211. The highest BCUT2D eigenvalue weighted by Gasteiger charge is 2.06. The van der Waals surface area contributed by atoms with Gasteiger partial charge in [0.2, 0.25) is 0 Å². The molecule has 5 heteroatoms. The minimum Gasteiger partial charge on any atom is -0.407 e. The molecule has 0 saturated carbocycles. The van der Waals surface area contributed by atoms with Gasteiger partial charge in [0.1, 0.15) is 0 Å². The molecular weight excluding hydrogens is 170 g/mol. The van der Waals surface area contributed by atoms with E-state index in [1.54, 1.807) is 10.9 Å². The molecule has 0 aromatic carbocycles. The van der Waals surface area contributed by atoms with Crippen LogP contribution in [0.5, 0.6) is 5.75 Å². The van der Waals surface area contributed by atoms with E-state index >= 15 is 0 Å². The number of carbonyl (C=O) groups is 1. The van der Waals surface area contributed by atoms with Crippen molar-refractivity contribution in [2.45, 2.75) is 26.3 Å². The number of hydrogen-bond donors (Lipinski definition) is 1. The molecule has 1 aromatic rings. The molecule has 1 aromatic heterocycles. The highest BCUT2D eigenvalue weighted by atomic mass is 16.5. The van der Waals surface area contributed by atoms with Crippen LogP contribution in [-0.2, 0) is 0 Å². The average Bonchev–Trinajstić information content (AvgIpc) is 2.50. The molecular formula is C8H13N3O2. The van der Waals surface area contributed by atoms with Crippen LogP contribution in [0.4, 0.5) is 4.79 Å². The Balaban J connectivity index is 2.68. The van der Waals surface area contributed by atoms with Gasteiger partial charge in [-0.15, -0.1) is 0 Å². The normalized spacial score (nSPS) is 12.5. The SMILES string of the molecule is CCC(C)n1cc(OC(N)=O)cn1. The molecule has 2 N–H and O–H groups in total. The molecule has 0 spiro atoms. The second kappa shape index (κ2) is 3.93. The molecule has 1 rings (SSSR count). The largest absolute Gasteiger partial charge is 0.410 e. The minimum atomic E-state index is -0.816. The number of amides is 1. The van der Waals surface area contributed by atoms with Gasteiger partial charge in [-0.3, -0.25) is 4.68 Å². The fraction of sp³-hybridized carbons (Fsp3) is 0.500. The first kappa shape index (κ1) is 9.57. The molecule has 0 aliphatic rings. The molecule has 13 heavy (non-hydrogen) atoms. The second-order valence-corrected chi connectivity index (χ2v) is 2.83. The number of nitrogens with two attached hydrogens (primary N) is 1. The maximum atomic E-state index is 10.4. The minimum absolute atomic E-state index is 0.297. The number of carbonyl (C=O) groups excluding carboxylic acids is 1. The third-order valence-corrected chi connectivity index (χ3v) is 1.84. The van der Waals surface area contributed by atoms with Gasteiger partial charge in [0.05, 0.1) is 12.4 Å². The number of nitrogens with zero attached hydrogens (tertiary/aromatic N) is 2. The molecule has 1 amide bonds.